The van der Waals surface area contributed by atoms with Gasteiger partial charge in [-0.25, -0.2) is 9.97 Å². The summed E-state index contributed by atoms with van der Waals surface area (Å²) in [6.45, 7) is 4.03. The van der Waals surface area contributed by atoms with Crippen LogP contribution in [0.2, 0.25) is 0 Å². The summed E-state index contributed by atoms with van der Waals surface area (Å²) in [6, 6.07) is 6.07. The Labute approximate surface area is 204 Å². The van der Waals surface area contributed by atoms with E-state index in [2.05, 4.69) is 20.8 Å². The fourth-order valence-corrected chi connectivity index (χ4v) is 4.33. The first kappa shape index (κ1) is 22.7. The average molecular weight is 475 g/mol. The van der Waals surface area contributed by atoms with Crippen LogP contribution in [0.1, 0.15) is 31.5 Å². The highest BCUT2D eigenvalue weighted by molar-refractivity contribution is 5.76. The average Bonchev–Trinajstić information content (AvgIpc) is 3.39. The summed E-state index contributed by atoms with van der Waals surface area (Å²) in [4.78, 5) is 9.31. The highest BCUT2D eigenvalue weighted by Gasteiger charge is 2.20. The Morgan fingerprint density at radius 1 is 1.06 bits per heavy atom. The number of allylic oxidation sites excluding steroid dienone is 2. The van der Waals surface area contributed by atoms with Crippen molar-refractivity contribution >= 4 is 17.2 Å². The van der Waals surface area contributed by atoms with Crippen LogP contribution in [0, 0.1) is 0 Å². The Hall–Kier alpha value is -4.05. The van der Waals surface area contributed by atoms with Crippen LogP contribution >= 0.6 is 0 Å². The lowest BCUT2D eigenvalue weighted by Crippen LogP contribution is -2.35. The molecule has 182 valence electrons. The fraction of sp³-hybridized carbons (Fsp3) is 0.320. The number of ether oxygens (including phenoxy) is 2. The molecule has 4 heterocycles. The Bertz CT molecular complexity index is 1250. The molecule has 0 bridgehead atoms. The Kier molecular flexibility index (Phi) is 6.28. The summed E-state index contributed by atoms with van der Waals surface area (Å²) in [5.41, 5.74) is 14.5. The van der Waals surface area contributed by atoms with E-state index in [4.69, 9.17) is 20.2 Å². The lowest BCUT2D eigenvalue weighted by atomic mass is 10.1. The molecule has 2 aromatic heterocycles. The molecule has 0 saturated carbocycles. The first-order chi connectivity index (χ1) is 17.0. The van der Waals surface area contributed by atoms with Crippen molar-refractivity contribution in [2.75, 3.05) is 38.1 Å². The van der Waals surface area contributed by atoms with Crippen LogP contribution in [-0.4, -0.2) is 47.1 Å². The largest absolute Gasteiger partial charge is 0.497 e. The number of nitrogens with two attached hydrogens (primary N) is 1. The maximum absolute atomic E-state index is 6.28. The van der Waals surface area contributed by atoms with Crippen LogP contribution in [0.5, 0.6) is 11.5 Å². The van der Waals surface area contributed by atoms with Gasteiger partial charge in [0.2, 0.25) is 0 Å². The fourth-order valence-electron chi connectivity index (χ4n) is 4.33. The molecule has 0 atom stereocenters. The molecule has 2 aliphatic heterocycles. The van der Waals surface area contributed by atoms with E-state index in [1.807, 2.05) is 59.5 Å². The van der Waals surface area contributed by atoms with Crippen LogP contribution in [0.25, 0.3) is 17.0 Å². The van der Waals surface area contributed by atoms with E-state index in [1.54, 1.807) is 20.4 Å². The number of benzene rings is 1. The van der Waals surface area contributed by atoms with Gasteiger partial charge in [0.15, 0.2) is 5.82 Å². The first-order valence-electron chi connectivity index (χ1n) is 11.6. The second-order valence-corrected chi connectivity index (χ2v) is 8.66. The molecule has 0 radical (unpaired) electrons. The molecule has 1 fully saturated rings. The minimum Gasteiger partial charge on any atom is -0.497 e. The number of nitrogens with zero attached hydrogens (tertiary/aromatic N) is 5. The maximum Gasteiger partial charge on any atom is 0.151 e. The van der Waals surface area contributed by atoms with Crippen molar-refractivity contribution in [1.29, 1.82) is 0 Å². The zero-order valence-electron chi connectivity index (χ0n) is 20.2. The van der Waals surface area contributed by atoms with Gasteiger partial charge in [0.05, 0.1) is 49.7 Å². The van der Waals surface area contributed by atoms with E-state index in [0.717, 1.165) is 54.1 Å². The van der Waals surface area contributed by atoms with Crippen LogP contribution in [0.3, 0.4) is 0 Å². The number of nitrogen functional groups attached to an aromatic ring is 1. The molecular weight excluding hydrogens is 444 g/mol. The maximum atomic E-state index is 6.28. The zero-order chi connectivity index (χ0) is 24.4. The number of hydrogen-bond acceptors (Lipinski definition) is 9. The van der Waals surface area contributed by atoms with Crippen molar-refractivity contribution in [2.24, 2.45) is 0 Å². The number of piperidine rings is 1. The molecule has 1 aromatic carbocycles. The van der Waals surface area contributed by atoms with Gasteiger partial charge in [-0.2, -0.15) is 5.10 Å². The minimum atomic E-state index is 0.344. The molecule has 10 nitrogen and oxygen atoms in total. The number of hydrazine groups is 1. The van der Waals surface area contributed by atoms with Gasteiger partial charge in [-0.1, -0.05) is 0 Å². The molecule has 0 unspecified atom stereocenters. The molecule has 4 N–H and O–H groups in total. The van der Waals surface area contributed by atoms with Crippen molar-refractivity contribution in [2.45, 2.75) is 25.8 Å². The zero-order valence-corrected chi connectivity index (χ0v) is 20.2. The summed E-state index contributed by atoms with van der Waals surface area (Å²) in [5, 5.41) is 9.87. The summed E-state index contributed by atoms with van der Waals surface area (Å²) in [7, 11) is 3.26. The van der Waals surface area contributed by atoms with E-state index in [9.17, 15) is 0 Å². The Balaban J connectivity index is 1.44. The number of methoxy groups -OCH3 is 2. The third kappa shape index (κ3) is 4.78. The summed E-state index contributed by atoms with van der Waals surface area (Å²) < 4.78 is 12.9. The predicted octanol–water partition coefficient (Wildman–Crippen LogP) is 3.13. The third-order valence-corrected chi connectivity index (χ3v) is 6.20. The number of nitrogens with one attached hydrogen (secondary N) is 2. The van der Waals surface area contributed by atoms with Crippen molar-refractivity contribution < 1.29 is 9.47 Å². The van der Waals surface area contributed by atoms with E-state index in [0.29, 0.717) is 29.1 Å². The number of anilines is 2. The molecule has 35 heavy (non-hydrogen) atoms. The van der Waals surface area contributed by atoms with Gasteiger partial charge >= 0.3 is 0 Å². The summed E-state index contributed by atoms with van der Waals surface area (Å²) in [6.07, 6.45) is 11.7. The Morgan fingerprint density at radius 3 is 2.51 bits per heavy atom. The highest BCUT2D eigenvalue weighted by Crippen LogP contribution is 2.32. The van der Waals surface area contributed by atoms with E-state index < -0.39 is 0 Å². The monoisotopic (exact) mass is 474 g/mol. The van der Waals surface area contributed by atoms with Crippen LogP contribution in [-0.2, 0) is 0 Å². The second-order valence-electron chi connectivity index (χ2n) is 8.66. The van der Waals surface area contributed by atoms with Gasteiger partial charge in [0.25, 0.3) is 0 Å². The normalized spacial score (nSPS) is 16.4. The molecule has 0 spiro atoms. The third-order valence-electron chi connectivity index (χ3n) is 6.20. The lowest BCUT2D eigenvalue weighted by Gasteiger charge is -2.29. The van der Waals surface area contributed by atoms with Crippen molar-refractivity contribution in [3.05, 3.63) is 60.3 Å². The van der Waals surface area contributed by atoms with Gasteiger partial charge in [0.1, 0.15) is 17.2 Å². The molecule has 5 rings (SSSR count). The molecule has 10 heteroatoms. The van der Waals surface area contributed by atoms with Crippen molar-refractivity contribution in [3.8, 4) is 22.8 Å². The van der Waals surface area contributed by atoms with E-state index >= 15 is 0 Å². The van der Waals surface area contributed by atoms with Crippen LogP contribution < -0.4 is 31.0 Å². The quantitative estimate of drug-likeness (QED) is 0.495. The van der Waals surface area contributed by atoms with E-state index in [-0.39, 0.29) is 0 Å². The van der Waals surface area contributed by atoms with Gasteiger partial charge in [-0.3, -0.25) is 15.1 Å². The van der Waals surface area contributed by atoms with Gasteiger partial charge in [-0.05, 0) is 44.5 Å². The topological polar surface area (TPSA) is 115 Å². The molecule has 3 aromatic rings. The molecule has 2 aliphatic rings. The smallest absolute Gasteiger partial charge is 0.151 e. The van der Waals surface area contributed by atoms with Gasteiger partial charge in [-0.15, -0.1) is 0 Å². The Morgan fingerprint density at radius 2 is 1.80 bits per heavy atom. The lowest BCUT2D eigenvalue weighted by molar-refractivity contribution is 0.343. The van der Waals surface area contributed by atoms with Crippen molar-refractivity contribution in [1.82, 2.24) is 30.5 Å². The number of rotatable bonds is 6. The molecule has 0 aliphatic carbocycles. The predicted molar refractivity (Wildman–Crippen MR) is 136 cm³/mol. The first-order valence-corrected chi connectivity index (χ1v) is 11.6. The highest BCUT2D eigenvalue weighted by atomic mass is 16.5. The standard InChI is InChI=1S/C25H30N8O2/c1-16-8-22(31-33(14-16)19-9-20(34-2)11-21(10-19)35-3)24-25(26)28-13-23(30-24)17-12-29-32(15-17)18-4-6-27-7-5-18/h8-15,18,27,31H,4-7H2,1-3H3,(H2,26,28). The minimum absolute atomic E-state index is 0.344. The van der Waals surface area contributed by atoms with Crippen LogP contribution in [0.15, 0.2) is 54.6 Å². The van der Waals surface area contributed by atoms with E-state index in [1.165, 1.54) is 0 Å². The van der Waals surface area contributed by atoms with Crippen LogP contribution in [0.4, 0.5) is 11.5 Å². The number of aromatic nitrogens is 4. The SMILES string of the molecule is COc1cc(OC)cc(N2C=C(C)C=C(c3nc(-c4cnn(C5CCNCC5)c4)cnc3N)N2)c1. The molecular formula is C25H30N8O2. The van der Waals surface area contributed by atoms with Gasteiger partial charge in [0, 0.05) is 36.2 Å². The molecule has 1 saturated heterocycles. The van der Waals surface area contributed by atoms with Crippen molar-refractivity contribution in [3.63, 3.8) is 0 Å². The van der Waals surface area contributed by atoms with Gasteiger partial charge < -0.3 is 20.5 Å². The number of hydrogen-bond donors (Lipinski definition) is 3. The second kappa shape index (κ2) is 9.67. The summed E-state index contributed by atoms with van der Waals surface area (Å²) in [5.74, 6) is 1.72. The summed E-state index contributed by atoms with van der Waals surface area (Å²) >= 11 is 0. The molecule has 0 amide bonds.